The lowest BCUT2D eigenvalue weighted by Gasteiger charge is -2.35. The van der Waals surface area contributed by atoms with Gasteiger partial charge in [0, 0.05) is 32.2 Å². The molecule has 1 heterocycles. The largest absolute Gasteiger partial charge is 0.489 e. The van der Waals surface area contributed by atoms with Gasteiger partial charge in [0.25, 0.3) is 0 Å². The summed E-state index contributed by atoms with van der Waals surface area (Å²) in [6.45, 7) is 9.78. The molecular weight excluding hydrogens is 291 g/mol. The molecule has 1 aromatic carbocycles. The lowest BCUT2D eigenvalue weighted by molar-refractivity contribution is 0.174. The Bertz CT molecular complexity index is 466. The van der Waals surface area contributed by atoms with E-state index in [-0.39, 0.29) is 11.8 Å². The van der Waals surface area contributed by atoms with Gasteiger partial charge >= 0.3 is 0 Å². The predicted octanol–water partition coefficient (Wildman–Crippen LogP) is 3.40. The molecule has 5 heteroatoms. The SMILES string of the molecule is C=CC[C@H](c1cc(F)c(OCC)c(Cl)c1)N1CCNCC1. The molecule has 1 aromatic rings. The van der Waals surface area contributed by atoms with Crippen LogP contribution in [0.25, 0.3) is 0 Å². The minimum absolute atomic E-state index is 0.104. The summed E-state index contributed by atoms with van der Waals surface area (Å²) in [5, 5.41) is 3.65. The van der Waals surface area contributed by atoms with E-state index in [2.05, 4.69) is 16.8 Å². The molecule has 0 saturated carbocycles. The number of halogens is 2. The molecular formula is C16H22ClFN2O. The summed E-state index contributed by atoms with van der Waals surface area (Å²) in [6.07, 6.45) is 2.64. The molecule has 0 amide bonds. The second-order valence-corrected chi connectivity index (χ2v) is 5.48. The fourth-order valence-electron chi connectivity index (χ4n) is 2.70. The third-order valence-corrected chi connectivity index (χ3v) is 3.96. The zero-order chi connectivity index (χ0) is 15.2. The highest BCUT2D eigenvalue weighted by Crippen LogP contribution is 2.34. The van der Waals surface area contributed by atoms with Crippen LogP contribution in [0, 0.1) is 5.82 Å². The molecule has 0 unspecified atom stereocenters. The van der Waals surface area contributed by atoms with Crippen LogP contribution in [0.15, 0.2) is 24.8 Å². The van der Waals surface area contributed by atoms with Crippen molar-refractivity contribution in [3.63, 3.8) is 0 Å². The minimum Gasteiger partial charge on any atom is -0.489 e. The second-order valence-electron chi connectivity index (χ2n) is 5.07. The van der Waals surface area contributed by atoms with Crippen molar-refractivity contribution in [1.29, 1.82) is 0 Å². The highest BCUT2D eigenvalue weighted by molar-refractivity contribution is 6.32. The van der Waals surface area contributed by atoms with Crippen molar-refractivity contribution < 1.29 is 9.13 Å². The van der Waals surface area contributed by atoms with Crippen molar-refractivity contribution in [2.24, 2.45) is 0 Å². The predicted molar refractivity (Wildman–Crippen MR) is 84.6 cm³/mol. The van der Waals surface area contributed by atoms with Crippen LogP contribution in [0.5, 0.6) is 5.75 Å². The smallest absolute Gasteiger partial charge is 0.173 e. The van der Waals surface area contributed by atoms with Gasteiger partial charge in [0.2, 0.25) is 0 Å². The number of nitrogens with one attached hydrogen (secondary N) is 1. The Labute approximate surface area is 130 Å². The Morgan fingerprint density at radius 2 is 2.19 bits per heavy atom. The first kappa shape index (κ1) is 16.3. The van der Waals surface area contributed by atoms with E-state index in [0.29, 0.717) is 11.6 Å². The molecule has 0 radical (unpaired) electrons. The molecule has 0 aliphatic carbocycles. The molecule has 1 fully saturated rings. The van der Waals surface area contributed by atoms with Crippen molar-refractivity contribution in [1.82, 2.24) is 10.2 Å². The maximum Gasteiger partial charge on any atom is 0.173 e. The maximum absolute atomic E-state index is 14.2. The van der Waals surface area contributed by atoms with Crippen LogP contribution >= 0.6 is 11.6 Å². The van der Waals surface area contributed by atoms with Gasteiger partial charge in [-0.05, 0) is 31.0 Å². The van der Waals surface area contributed by atoms with Gasteiger partial charge in [0.1, 0.15) is 0 Å². The topological polar surface area (TPSA) is 24.5 Å². The van der Waals surface area contributed by atoms with E-state index >= 15 is 0 Å². The molecule has 0 bridgehead atoms. The second kappa shape index (κ2) is 7.78. The molecule has 1 N–H and O–H groups in total. The Kier molecular flexibility index (Phi) is 6.03. The van der Waals surface area contributed by atoms with E-state index in [4.69, 9.17) is 16.3 Å². The number of nitrogens with zero attached hydrogens (tertiary/aromatic N) is 1. The van der Waals surface area contributed by atoms with Crippen molar-refractivity contribution in [3.05, 3.63) is 41.2 Å². The first-order chi connectivity index (χ1) is 10.2. The maximum atomic E-state index is 14.2. The van der Waals surface area contributed by atoms with Crippen molar-refractivity contribution in [2.75, 3.05) is 32.8 Å². The third kappa shape index (κ3) is 3.96. The summed E-state index contributed by atoms with van der Waals surface area (Å²) in [6, 6.07) is 3.45. The highest BCUT2D eigenvalue weighted by Gasteiger charge is 2.23. The van der Waals surface area contributed by atoms with Crippen LogP contribution in [0.1, 0.15) is 24.9 Å². The van der Waals surface area contributed by atoms with E-state index < -0.39 is 5.82 Å². The Balaban J connectivity index is 2.29. The summed E-state index contributed by atoms with van der Waals surface area (Å²) in [5.41, 5.74) is 0.878. The molecule has 2 rings (SSSR count). The normalized spacial score (nSPS) is 17.5. The van der Waals surface area contributed by atoms with Crippen molar-refractivity contribution >= 4 is 11.6 Å². The minimum atomic E-state index is -0.399. The monoisotopic (exact) mass is 312 g/mol. The van der Waals surface area contributed by atoms with Gasteiger partial charge in [-0.1, -0.05) is 17.7 Å². The number of piperazine rings is 1. The van der Waals surface area contributed by atoms with Crippen LogP contribution in [0.4, 0.5) is 4.39 Å². The Morgan fingerprint density at radius 3 is 2.76 bits per heavy atom. The van der Waals surface area contributed by atoms with Crippen LogP contribution in [-0.2, 0) is 0 Å². The van der Waals surface area contributed by atoms with Crippen molar-refractivity contribution in [3.8, 4) is 5.75 Å². The van der Waals surface area contributed by atoms with Crippen molar-refractivity contribution in [2.45, 2.75) is 19.4 Å². The fraction of sp³-hybridized carbons (Fsp3) is 0.500. The van der Waals surface area contributed by atoms with Gasteiger partial charge in [-0.2, -0.15) is 0 Å². The standard InChI is InChI=1S/C16H22ClFN2O/c1-3-5-15(20-8-6-19-7-9-20)12-10-13(17)16(21-4-2)14(18)11-12/h3,10-11,15,19H,1,4-9H2,2H3/t15-/m1/s1. The number of hydrogen-bond acceptors (Lipinski definition) is 3. The number of hydrogen-bond donors (Lipinski definition) is 1. The molecule has 0 spiro atoms. The Morgan fingerprint density at radius 1 is 1.48 bits per heavy atom. The molecule has 0 aromatic heterocycles. The first-order valence-electron chi connectivity index (χ1n) is 7.34. The number of ether oxygens (including phenoxy) is 1. The van der Waals surface area contributed by atoms with E-state index in [0.717, 1.165) is 38.2 Å². The zero-order valence-corrected chi connectivity index (χ0v) is 13.1. The lowest BCUT2D eigenvalue weighted by atomic mass is 10.0. The lowest BCUT2D eigenvalue weighted by Crippen LogP contribution is -2.45. The van der Waals surface area contributed by atoms with Gasteiger partial charge < -0.3 is 10.1 Å². The van der Waals surface area contributed by atoms with Crippen LogP contribution in [0.2, 0.25) is 5.02 Å². The fourth-order valence-corrected chi connectivity index (χ4v) is 2.97. The Hall–Kier alpha value is -1.10. The van der Waals surface area contributed by atoms with Crippen LogP contribution < -0.4 is 10.1 Å². The summed E-state index contributed by atoms with van der Waals surface area (Å²) < 4.78 is 19.5. The average Bonchev–Trinajstić information content (AvgIpc) is 2.49. The van der Waals surface area contributed by atoms with Crippen LogP contribution in [-0.4, -0.2) is 37.7 Å². The first-order valence-corrected chi connectivity index (χ1v) is 7.72. The van der Waals surface area contributed by atoms with E-state index in [1.54, 1.807) is 0 Å². The van der Waals surface area contributed by atoms with Gasteiger partial charge in [0.05, 0.1) is 11.6 Å². The third-order valence-electron chi connectivity index (χ3n) is 3.68. The van der Waals surface area contributed by atoms with Gasteiger partial charge in [-0.15, -0.1) is 6.58 Å². The quantitative estimate of drug-likeness (QED) is 0.815. The summed E-state index contributed by atoms with van der Waals surface area (Å²) in [5.74, 6) is -0.260. The molecule has 1 aliphatic rings. The van der Waals surface area contributed by atoms with E-state index in [9.17, 15) is 4.39 Å². The number of rotatable bonds is 6. The summed E-state index contributed by atoms with van der Waals surface area (Å²) in [4.78, 5) is 2.34. The zero-order valence-electron chi connectivity index (χ0n) is 12.4. The molecule has 21 heavy (non-hydrogen) atoms. The van der Waals surface area contributed by atoms with Crippen LogP contribution in [0.3, 0.4) is 0 Å². The molecule has 116 valence electrons. The van der Waals surface area contributed by atoms with E-state index in [1.165, 1.54) is 6.07 Å². The summed E-state index contributed by atoms with van der Waals surface area (Å²) in [7, 11) is 0. The highest BCUT2D eigenvalue weighted by atomic mass is 35.5. The number of benzene rings is 1. The van der Waals surface area contributed by atoms with Gasteiger partial charge in [0.15, 0.2) is 11.6 Å². The molecule has 1 saturated heterocycles. The van der Waals surface area contributed by atoms with E-state index in [1.807, 2.05) is 19.1 Å². The van der Waals surface area contributed by atoms with Gasteiger partial charge in [-0.3, -0.25) is 4.90 Å². The van der Waals surface area contributed by atoms with Gasteiger partial charge in [-0.25, -0.2) is 4.39 Å². The molecule has 3 nitrogen and oxygen atoms in total. The average molecular weight is 313 g/mol. The summed E-state index contributed by atoms with van der Waals surface area (Å²) >= 11 is 6.17. The molecule has 1 aliphatic heterocycles. The molecule has 1 atom stereocenters.